The van der Waals surface area contributed by atoms with E-state index in [1.807, 2.05) is 0 Å². The largest absolute Gasteiger partial charge is 0.366 e. The molecular weight excluding hydrogens is 424 g/mol. The van der Waals surface area contributed by atoms with E-state index in [1.165, 1.54) is 0 Å². The zero-order valence-electron chi connectivity index (χ0n) is 19.2. The van der Waals surface area contributed by atoms with Crippen LogP contribution in [0, 0.1) is 24.7 Å². The van der Waals surface area contributed by atoms with Crippen molar-refractivity contribution >= 4 is 29.5 Å². The maximum Gasteiger partial charge on any atom is 0.252 e. The Labute approximate surface area is 192 Å². The standard InChI is InChI=1S/C24H30N4O5/c1-13-14(2)23(33)28(22(13)32)12-19(29)27-10-7-16(11-27)24(8-9-24)26-21(31)18-6-4-5-17(15(18)3)20(25)30/h4-6,13-14,16H,7-12H2,1-3H3,(H2,25,30)(H,26,31)/t13-,14+,16?. The first-order valence-electron chi connectivity index (χ1n) is 11.4. The van der Waals surface area contributed by atoms with E-state index >= 15 is 0 Å². The Bertz CT molecular complexity index is 1030. The van der Waals surface area contributed by atoms with Crippen LogP contribution in [0.5, 0.6) is 0 Å². The first kappa shape index (κ1) is 22.9. The molecule has 33 heavy (non-hydrogen) atoms. The van der Waals surface area contributed by atoms with Crippen molar-refractivity contribution in [1.29, 1.82) is 0 Å². The third-order valence-corrected chi connectivity index (χ3v) is 7.67. The molecule has 5 amide bonds. The molecule has 0 bridgehead atoms. The number of rotatable bonds is 6. The van der Waals surface area contributed by atoms with Crippen LogP contribution in [0.1, 0.15) is 59.4 Å². The van der Waals surface area contributed by atoms with Crippen LogP contribution in [0.2, 0.25) is 0 Å². The maximum absolute atomic E-state index is 13.0. The minimum absolute atomic E-state index is 0.0906. The number of nitrogens with one attached hydrogen (secondary N) is 1. The Hall–Kier alpha value is -3.23. The van der Waals surface area contributed by atoms with E-state index < -0.39 is 17.7 Å². The van der Waals surface area contributed by atoms with E-state index in [4.69, 9.17) is 5.73 Å². The molecule has 2 aliphatic heterocycles. The fraction of sp³-hybridized carbons (Fsp3) is 0.542. The summed E-state index contributed by atoms with van der Waals surface area (Å²) < 4.78 is 0. The molecule has 3 aliphatic rings. The van der Waals surface area contributed by atoms with E-state index in [0.29, 0.717) is 29.8 Å². The fourth-order valence-electron chi connectivity index (χ4n) is 5.07. The molecule has 2 saturated heterocycles. The number of carbonyl (C=O) groups is 5. The Morgan fingerprint density at radius 1 is 1.09 bits per heavy atom. The lowest BCUT2D eigenvalue weighted by atomic mass is 9.95. The highest BCUT2D eigenvalue weighted by Crippen LogP contribution is 2.46. The van der Waals surface area contributed by atoms with Gasteiger partial charge in [-0.05, 0) is 43.9 Å². The van der Waals surface area contributed by atoms with E-state index in [0.717, 1.165) is 24.2 Å². The van der Waals surface area contributed by atoms with Gasteiger partial charge in [-0.3, -0.25) is 28.9 Å². The molecule has 1 unspecified atom stereocenters. The summed E-state index contributed by atoms with van der Waals surface area (Å²) in [4.78, 5) is 64.9. The number of hydrogen-bond donors (Lipinski definition) is 2. The molecule has 0 radical (unpaired) electrons. The Morgan fingerprint density at radius 2 is 1.70 bits per heavy atom. The highest BCUT2D eigenvalue weighted by atomic mass is 16.2. The van der Waals surface area contributed by atoms with Gasteiger partial charge in [-0.25, -0.2) is 0 Å². The van der Waals surface area contributed by atoms with E-state index in [-0.39, 0.29) is 41.6 Å². The van der Waals surface area contributed by atoms with Crippen LogP contribution in [0.4, 0.5) is 0 Å². The average molecular weight is 455 g/mol. The molecule has 1 saturated carbocycles. The molecular formula is C24H30N4O5. The van der Waals surface area contributed by atoms with E-state index in [2.05, 4.69) is 5.32 Å². The number of benzene rings is 1. The van der Waals surface area contributed by atoms with Crippen molar-refractivity contribution < 1.29 is 24.0 Å². The lowest BCUT2D eigenvalue weighted by molar-refractivity contribution is -0.146. The van der Waals surface area contributed by atoms with Gasteiger partial charge in [-0.15, -0.1) is 0 Å². The molecule has 4 rings (SSSR count). The van der Waals surface area contributed by atoms with Crippen molar-refractivity contribution in [1.82, 2.24) is 15.1 Å². The molecule has 3 fully saturated rings. The summed E-state index contributed by atoms with van der Waals surface area (Å²) in [6.45, 7) is 5.90. The van der Waals surface area contributed by atoms with Gasteiger partial charge in [0, 0.05) is 47.5 Å². The van der Waals surface area contributed by atoms with Crippen LogP contribution in [0.15, 0.2) is 18.2 Å². The Balaban J connectivity index is 1.39. The van der Waals surface area contributed by atoms with Gasteiger partial charge in [0.25, 0.3) is 5.91 Å². The smallest absolute Gasteiger partial charge is 0.252 e. The zero-order valence-corrected chi connectivity index (χ0v) is 19.2. The Kier molecular flexibility index (Phi) is 5.76. The van der Waals surface area contributed by atoms with Crippen LogP contribution in [-0.2, 0) is 14.4 Å². The number of primary amides is 1. The number of nitrogens with two attached hydrogens (primary N) is 1. The predicted molar refractivity (Wildman–Crippen MR) is 119 cm³/mol. The number of likely N-dealkylation sites (tertiary alicyclic amines) is 2. The number of imide groups is 1. The molecule has 9 nitrogen and oxygen atoms in total. The first-order valence-corrected chi connectivity index (χ1v) is 11.4. The monoisotopic (exact) mass is 454 g/mol. The molecule has 2 heterocycles. The first-order chi connectivity index (χ1) is 15.6. The molecule has 1 aromatic rings. The SMILES string of the molecule is Cc1c(C(N)=O)cccc1C(=O)NC1(C2CCN(C(=O)CN3C(=O)[C@@H](C)[C@@H](C)C3=O)C2)CC1. The molecule has 1 aromatic carbocycles. The second-order valence-electron chi connectivity index (χ2n) is 9.62. The van der Waals surface area contributed by atoms with Crippen molar-refractivity contribution in [2.24, 2.45) is 23.5 Å². The van der Waals surface area contributed by atoms with Crippen LogP contribution < -0.4 is 11.1 Å². The molecule has 3 atom stereocenters. The zero-order chi connectivity index (χ0) is 24.1. The fourth-order valence-corrected chi connectivity index (χ4v) is 5.07. The highest BCUT2D eigenvalue weighted by Gasteiger charge is 2.53. The van der Waals surface area contributed by atoms with Crippen LogP contribution in [-0.4, -0.2) is 64.5 Å². The van der Waals surface area contributed by atoms with Crippen molar-refractivity contribution in [3.05, 3.63) is 34.9 Å². The van der Waals surface area contributed by atoms with E-state index in [1.54, 1.807) is 43.9 Å². The van der Waals surface area contributed by atoms with Gasteiger partial charge in [0.15, 0.2) is 0 Å². The molecule has 0 spiro atoms. The quantitative estimate of drug-likeness (QED) is 0.616. The van der Waals surface area contributed by atoms with Gasteiger partial charge in [-0.1, -0.05) is 19.9 Å². The molecule has 3 N–H and O–H groups in total. The summed E-state index contributed by atoms with van der Waals surface area (Å²) in [5, 5.41) is 3.14. The summed E-state index contributed by atoms with van der Waals surface area (Å²) in [5.74, 6) is -2.38. The summed E-state index contributed by atoms with van der Waals surface area (Å²) in [5.41, 5.74) is 6.30. The van der Waals surface area contributed by atoms with Crippen LogP contribution in [0.25, 0.3) is 0 Å². The summed E-state index contributed by atoms with van der Waals surface area (Å²) >= 11 is 0. The minimum Gasteiger partial charge on any atom is -0.366 e. The van der Waals surface area contributed by atoms with Gasteiger partial charge < -0.3 is 16.0 Å². The van der Waals surface area contributed by atoms with Crippen LogP contribution in [0.3, 0.4) is 0 Å². The average Bonchev–Trinajstić information content (AvgIpc) is 3.32. The van der Waals surface area contributed by atoms with Crippen molar-refractivity contribution in [3.8, 4) is 0 Å². The van der Waals surface area contributed by atoms with Gasteiger partial charge >= 0.3 is 0 Å². The van der Waals surface area contributed by atoms with E-state index in [9.17, 15) is 24.0 Å². The number of amides is 5. The topological polar surface area (TPSA) is 130 Å². The number of nitrogens with zero attached hydrogens (tertiary/aromatic N) is 2. The van der Waals surface area contributed by atoms with Gasteiger partial charge in [-0.2, -0.15) is 0 Å². The molecule has 1 aliphatic carbocycles. The summed E-state index contributed by atoms with van der Waals surface area (Å²) in [6, 6.07) is 4.91. The van der Waals surface area contributed by atoms with Crippen molar-refractivity contribution in [3.63, 3.8) is 0 Å². The molecule has 9 heteroatoms. The third-order valence-electron chi connectivity index (χ3n) is 7.67. The van der Waals surface area contributed by atoms with Gasteiger partial charge in [0.2, 0.25) is 23.6 Å². The minimum atomic E-state index is -0.577. The lowest BCUT2D eigenvalue weighted by Crippen LogP contribution is -2.46. The van der Waals surface area contributed by atoms with Gasteiger partial charge in [0.1, 0.15) is 6.54 Å². The van der Waals surface area contributed by atoms with Gasteiger partial charge in [0.05, 0.1) is 0 Å². The predicted octanol–water partition coefficient (Wildman–Crippen LogP) is 0.846. The van der Waals surface area contributed by atoms with Crippen molar-refractivity contribution in [2.75, 3.05) is 19.6 Å². The van der Waals surface area contributed by atoms with Crippen LogP contribution >= 0.6 is 0 Å². The second kappa shape index (κ2) is 8.28. The second-order valence-corrected chi connectivity index (χ2v) is 9.62. The van der Waals surface area contributed by atoms with Crippen molar-refractivity contribution in [2.45, 2.75) is 45.6 Å². The Morgan fingerprint density at radius 3 is 2.27 bits per heavy atom. The maximum atomic E-state index is 13.0. The summed E-state index contributed by atoms with van der Waals surface area (Å²) in [7, 11) is 0. The molecule has 176 valence electrons. The lowest BCUT2D eigenvalue weighted by Gasteiger charge is -2.26. The normalized spacial score (nSPS) is 26.0. The highest BCUT2D eigenvalue weighted by molar-refractivity contribution is 6.07. The number of hydrogen-bond acceptors (Lipinski definition) is 5. The molecule has 0 aromatic heterocycles. The summed E-state index contributed by atoms with van der Waals surface area (Å²) in [6.07, 6.45) is 2.37. The number of carbonyl (C=O) groups excluding carboxylic acids is 5. The third kappa shape index (κ3) is 4.00.